The predicted octanol–water partition coefficient (Wildman–Crippen LogP) is 1.29. The number of aliphatic hydroxyl groups is 3. The minimum Gasteiger partial charge on any atom is -0.455 e. The molecule has 0 radical (unpaired) electrons. The van der Waals surface area contributed by atoms with Gasteiger partial charge in [-0.05, 0) is 37.1 Å². The zero-order valence-electron chi connectivity index (χ0n) is 22.6. The highest BCUT2D eigenvalue weighted by Gasteiger charge is 2.77. The van der Waals surface area contributed by atoms with Crippen molar-refractivity contribution in [1.82, 2.24) is 0 Å². The third-order valence-electron chi connectivity index (χ3n) is 9.77. The fourth-order valence-electron chi connectivity index (χ4n) is 7.48. The molecule has 8 atom stereocenters. The predicted molar refractivity (Wildman–Crippen MR) is 134 cm³/mol. The van der Waals surface area contributed by atoms with Crippen LogP contribution in [0.3, 0.4) is 0 Å². The van der Waals surface area contributed by atoms with Gasteiger partial charge in [0.05, 0.1) is 29.6 Å². The highest BCUT2D eigenvalue weighted by atomic mass is 16.6. The molecule has 210 valence electrons. The molecule has 10 nitrogen and oxygen atoms in total. The van der Waals surface area contributed by atoms with Gasteiger partial charge in [0.15, 0.2) is 17.2 Å². The van der Waals surface area contributed by atoms with Crippen molar-refractivity contribution in [3.05, 3.63) is 47.0 Å². The van der Waals surface area contributed by atoms with Crippen LogP contribution < -0.4 is 0 Å². The Morgan fingerprint density at radius 1 is 1.08 bits per heavy atom. The van der Waals surface area contributed by atoms with E-state index in [1.54, 1.807) is 32.0 Å². The lowest BCUT2D eigenvalue weighted by Gasteiger charge is -2.67. The number of aliphatic hydroxyl groups excluding tert-OH is 2. The van der Waals surface area contributed by atoms with Gasteiger partial charge in [0.25, 0.3) is 0 Å². The Bertz CT molecular complexity index is 1280. The number of carbonyl (C=O) groups excluding carboxylic acids is 4. The van der Waals surface area contributed by atoms with E-state index in [1.807, 2.05) is 0 Å². The first-order chi connectivity index (χ1) is 18.1. The Balaban J connectivity index is 1.82. The monoisotopic (exact) mass is 542 g/mol. The SMILES string of the molecule is CC(=O)O[C@@]12CO[C@@H]1C[C@@H](O)[C@@]1(C)C(=O)[C@H](O)C3=C(C)C(=O)C[C@@](O)([C@@H](OC(=O)c4ccccc4)[C@H]21)C3(C)C. The molecule has 3 fully saturated rings. The van der Waals surface area contributed by atoms with Crippen molar-refractivity contribution < 1.29 is 48.7 Å². The molecule has 2 bridgehead atoms. The Labute approximate surface area is 225 Å². The van der Waals surface area contributed by atoms with Gasteiger partial charge in [0, 0.05) is 25.2 Å². The van der Waals surface area contributed by atoms with E-state index in [0.717, 1.165) is 0 Å². The van der Waals surface area contributed by atoms with Crippen LogP contribution in [0.5, 0.6) is 0 Å². The summed E-state index contributed by atoms with van der Waals surface area (Å²) in [5.41, 5.74) is -6.78. The van der Waals surface area contributed by atoms with E-state index < -0.39 is 82.3 Å². The summed E-state index contributed by atoms with van der Waals surface area (Å²) in [7, 11) is 0. The summed E-state index contributed by atoms with van der Waals surface area (Å²) in [4.78, 5) is 53.5. The average Bonchev–Trinajstić information content (AvgIpc) is 2.87. The number of hydrogen-bond donors (Lipinski definition) is 3. The normalized spacial score (nSPS) is 40.9. The van der Waals surface area contributed by atoms with Crippen molar-refractivity contribution in [1.29, 1.82) is 0 Å². The van der Waals surface area contributed by atoms with Gasteiger partial charge in [-0.2, -0.15) is 0 Å². The third-order valence-corrected chi connectivity index (χ3v) is 9.77. The molecule has 0 aromatic heterocycles. The Hall–Kier alpha value is -2.92. The van der Waals surface area contributed by atoms with Gasteiger partial charge in [-0.1, -0.05) is 32.0 Å². The number of hydrogen-bond acceptors (Lipinski definition) is 10. The van der Waals surface area contributed by atoms with E-state index in [0.29, 0.717) is 0 Å². The molecule has 1 saturated heterocycles. The largest absolute Gasteiger partial charge is 0.455 e. The summed E-state index contributed by atoms with van der Waals surface area (Å²) in [6, 6.07) is 8.01. The zero-order valence-corrected chi connectivity index (χ0v) is 22.6. The fraction of sp³-hybridized carbons (Fsp3) is 0.586. The fourth-order valence-corrected chi connectivity index (χ4v) is 7.48. The second-order valence-corrected chi connectivity index (χ2v) is 12.0. The van der Waals surface area contributed by atoms with Crippen molar-refractivity contribution in [3.8, 4) is 0 Å². The first-order valence-electron chi connectivity index (χ1n) is 13.1. The number of Topliss-reactive ketones (excluding diaryl/α,β-unsaturated/α-hetero) is 2. The van der Waals surface area contributed by atoms with E-state index in [1.165, 1.54) is 32.9 Å². The Morgan fingerprint density at radius 2 is 1.72 bits per heavy atom. The van der Waals surface area contributed by atoms with Crippen LogP contribution in [0.25, 0.3) is 0 Å². The molecule has 2 saturated carbocycles. The van der Waals surface area contributed by atoms with Crippen LogP contribution in [0.2, 0.25) is 0 Å². The summed E-state index contributed by atoms with van der Waals surface area (Å²) in [6.07, 6.45) is -6.37. The van der Waals surface area contributed by atoms with Crippen LogP contribution in [0.4, 0.5) is 0 Å². The molecule has 4 aliphatic rings. The average molecular weight is 543 g/mol. The molecule has 5 rings (SSSR count). The third kappa shape index (κ3) is 3.54. The minimum absolute atomic E-state index is 0.00686. The van der Waals surface area contributed by atoms with Gasteiger partial charge in [0.2, 0.25) is 0 Å². The number of ether oxygens (including phenoxy) is 3. The maximum atomic E-state index is 14.3. The number of esters is 2. The smallest absolute Gasteiger partial charge is 0.338 e. The van der Waals surface area contributed by atoms with Crippen LogP contribution in [-0.2, 0) is 28.6 Å². The standard InChI is InChI=1S/C29H34O10/c1-14-17(31)12-29(36)24(38-25(35)16-9-7-6-8-10-16)22-27(5,23(34)21(33)20(14)26(29,3)4)18(32)11-19-28(22,13-37-19)39-15(2)30/h6-10,18-19,21-22,24,32-33,36H,11-13H2,1-5H3/t18-,19-,21-,22+,24+,27-,28+,29-/m1/s1. The van der Waals surface area contributed by atoms with Crippen LogP contribution in [0, 0.1) is 16.7 Å². The lowest BCUT2D eigenvalue weighted by molar-refractivity contribution is -0.344. The highest BCUT2D eigenvalue weighted by Crippen LogP contribution is 2.63. The molecule has 1 aliphatic heterocycles. The zero-order chi connectivity index (χ0) is 28.7. The lowest BCUT2D eigenvalue weighted by atomic mass is 9.45. The quantitative estimate of drug-likeness (QED) is 0.476. The molecule has 10 heteroatoms. The summed E-state index contributed by atoms with van der Waals surface area (Å²) in [5.74, 6) is -4.26. The Kier molecular flexibility index (Phi) is 6.23. The first kappa shape index (κ1) is 27.6. The topological polar surface area (TPSA) is 157 Å². The van der Waals surface area contributed by atoms with Crippen LogP contribution in [0.15, 0.2) is 41.5 Å². The molecule has 3 N–H and O–H groups in total. The van der Waals surface area contributed by atoms with E-state index in [4.69, 9.17) is 14.2 Å². The van der Waals surface area contributed by atoms with E-state index >= 15 is 0 Å². The second-order valence-electron chi connectivity index (χ2n) is 12.0. The molecule has 1 heterocycles. The molecule has 39 heavy (non-hydrogen) atoms. The Morgan fingerprint density at radius 3 is 2.28 bits per heavy atom. The van der Waals surface area contributed by atoms with Crippen molar-refractivity contribution in [2.45, 2.75) is 83.1 Å². The van der Waals surface area contributed by atoms with E-state index in [2.05, 4.69) is 0 Å². The molecule has 0 unspecified atom stereocenters. The van der Waals surface area contributed by atoms with Crippen molar-refractivity contribution in [3.63, 3.8) is 0 Å². The van der Waals surface area contributed by atoms with Gasteiger partial charge in [0.1, 0.15) is 23.9 Å². The molecule has 1 aromatic rings. The van der Waals surface area contributed by atoms with E-state index in [-0.39, 0.29) is 29.7 Å². The summed E-state index contributed by atoms with van der Waals surface area (Å²) >= 11 is 0. The van der Waals surface area contributed by atoms with Gasteiger partial charge in [-0.3, -0.25) is 14.4 Å². The van der Waals surface area contributed by atoms with Gasteiger partial charge >= 0.3 is 11.9 Å². The number of allylic oxidation sites excluding steroid dienone is 1. The molecular formula is C29H34O10. The van der Waals surface area contributed by atoms with Crippen molar-refractivity contribution in [2.75, 3.05) is 6.61 Å². The van der Waals surface area contributed by atoms with Gasteiger partial charge < -0.3 is 29.5 Å². The summed E-state index contributed by atoms with van der Waals surface area (Å²) in [6.45, 7) is 7.05. The molecule has 0 amide bonds. The highest BCUT2D eigenvalue weighted by molar-refractivity contribution is 6.02. The minimum atomic E-state index is -2.17. The van der Waals surface area contributed by atoms with Gasteiger partial charge in [-0.25, -0.2) is 4.79 Å². The van der Waals surface area contributed by atoms with E-state index in [9.17, 15) is 34.5 Å². The van der Waals surface area contributed by atoms with Crippen LogP contribution >= 0.6 is 0 Å². The number of fused-ring (bicyclic) bond motifs is 5. The number of carbonyl (C=O) groups is 4. The number of ketones is 2. The number of benzene rings is 1. The lowest BCUT2D eigenvalue weighted by Crippen LogP contribution is -2.81. The molecule has 0 spiro atoms. The van der Waals surface area contributed by atoms with Crippen molar-refractivity contribution >= 4 is 23.5 Å². The van der Waals surface area contributed by atoms with Crippen LogP contribution in [0.1, 0.15) is 57.8 Å². The maximum Gasteiger partial charge on any atom is 0.338 e. The molecule has 3 aliphatic carbocycles. The summed E-state index contributed by atoms with van der Waals surface area (Å²) < 4.78 is 17.6. The first-order valence-corrected chi connectivity index (χ1v) is 13.1. The second kappa shape index (κ2) is 8.79. The van der Waals surface area contributed by atoms with Crippen molar-refractivity contribution in [2.24, 2.45) is 16.7 Å². The van der Waals surface area contributed by atoms with Crippen LogP contribution in [-0.4, -0.2) is 81.0 Å². The molecular weight excluding hydrogens is 508 g/mol. The maximum absolute atomic E-state index is 14.3. The summed E-state index contributed by atoms with van der Waals surface area (Å²) in [5, 5.41) is 35.5. The molecule has 1 aromatic carbocycles. The van der Waals surface area contributed by atoms with Gasteiger partial charge in [-0.15, -0.1) is 0 Å². The number of rotatable bonds is 3.